The average molecular weight is 265 g/mol. The number of nitrogens with zero attached hydrogens (tertiary/aromatic N) is 1. The van der Waals surface area contributed by atoms with E-state index in [9.17, 15) is 4.79 Å². The fourth-order valence-corrected chi connectivity index (χ4v) is 1.86. The molecule has 0 saturated heterocycles. The molecule has 4 nitrogen and oxygen atoms in total. The lowest BCUT2D eigenvalue weighted by atomic mass is 10.1. The molecule has 0 aliphatic carbocycles. The molecule has 0 radical (unpaired) electrons. The summed E-state index contributed by atoms with van der Waals surface area (Å²) in [7, 11) is 0. The van der Waals surface area contributed by atoms with Crippen molar-refractivity contribution in [1.29, 1.82) is 5.26 Å². The fourth-order valence-electron chi connectivity index (χ4n) is 1.86. The number of rotatable bonds is 4. The largest absolute Gasteiger partial charge is 0.381 e. The van der Waals surface area contributed by atoms with Crippen LogP contribution in [0.1, 0.15) is 18.1 Å². The molecule has 2 aromatic carbocycles. The molecule has 100 valence electrons. The Balaban J connectivity index is 2.01. The predicted molar refractivity (Wildman–Crippen MR) is 79.2 cm³/mol. The molecule has 4 heteroatoms. The Labute approximate surface area is 118 Å². The van der Waals surface area contributed by atoms with E-state index in [-0.39, 0.29) is 5.91 Å². The fraction of sp³-hybridized carbons (Fsp3) is 0.125. The molecule has 2 aromatic rings. The zero-order valence-electron chi connectivity index (χ0n) is 11.2. The third-order valence-corrected chi connectivity index (χ3v) is 2.83. The van der Waals surface area contributed by atoms with E-state index >= 15 is 0 Å². The first-order valence-corrected chi connectivity index (χ1v) is 6.28. The third kappa shape index (κ3) is 3.59. The van der Waals surface area contributed by atoms with Crippen LogP contribution < -0.4 is 10.6 Å². The SMILES string of the molecule is CC(=O)Nc1ccc(NCc2ccccc2C#N)cc1. The topological polar surface area (TPSA) is 64.9 Å². The molecule has 0 aliphatic rings. The van der Waals surface area contributed by atoms with Crippen molar-refractivity contribution in [1.82, 2.24) is 0 Å². The van der Waals surface area contributed by atoms with Crippen LogP contribution in [-0.2, 0) is 11.3 Å². The highest BCUT2D eigenvalue weighted by Gasteiger charge is 2.01. The lowest BCUT2D eigenvalue weighted by molar-refractivity contribution is -0.114. The predicted octanol–water partition coefficient (Wildman–Crippen LogP) is 3.13. The van der Waals surface area contributed by atoms with Crippen molar-refractivity contribution >= 4 is 17.3 Å². The Kier molecular flexibility index (Phi) is 4.35. The molecule has 0 atom stereocenters. The average Bonchev–Trinajstić information content (AvgIpc) is 2.46. The van der Waals surface area contributed by atoms with E-state index in [0.717, 1.165) is 16.9 Å². The van der Waals surface area contributed by atoms with Crippen molar-refractivity contribution in [3.8, 4) is 6.07 Å². The molecule has 1 amide bonds. The van der Waals surface area contributed by atoms with E-state index < -0.39 is 0 Å². The second-order valence-corrected chi connectivity index (χ2v) is 4.38. The number of nitriles is 1. The third-order valence-electron chi connectivity index (χ3n) is 2.83. The molecule has 2 rings (SSSR count). The van der Waals surface area contributed by atoms with Crippen LogP contribution in [-0.4, -0.2) is 5.91 Å². The smallest absolute Gasteiger partial charge is 0.221 e. The van der Waals surface area contributed by atoms with Crippen molar-refractivity contribution in [2.75, 3.05) is 10.6 Å². The highest BCUT2D eigenvalue weighted by atomic mass is 16.1. The highest BCUT2D eigenvalue weighted by molar-refractivity contribution is 5.88. The van der Waals surface area contributed by atoms with Crippen molar-refractivity contribution in [3.05, 3.63) is 59.7 Å². The van der Waals surface area contributed by atoms with Crippen LogP contribution in [0.25, 0.3) is 0 Å². The first-order chi connectivity index (χ1) is 9.69. The monoisotopic (exact) mass is 265 g/mol. The second kappa shape index (κ2) is 6.39. The number of anilines is 2. The molecule has 0 bridgehead atoms. The summed E-state index contributed by atoms with van der Waals surface area (Å²) < 4.78 is 0. The van der Waals surface area contributed by atoms with Crippen molar-refractivity contribution < 1.29 is 4.79 Å². The molecule has 0 spiro atoms. The van der Waals surface area contributed by atoms with Crippen LogP contribution in [0.4, 0.5) is 11.4 Å². The van der Waals surface area contributed by atoms with Gasteiger partial charge >= 0.3 is 0 Å². The number of benzene rings is 2. The summed E-state index contributed by atoms with van der Waals surface area (Å²) in [6.07, 6.45) is 0. The molecule has 0 aromatic heterocycles. The summed E-state index contributed by atoms with van der Waals surface area (Å²) in [6.45, 7) is 2.06. The van der Waals surface area contributed by atoms with E-state index in [1.165, 1.54) is 6.92 Å². The summed E-state index contributed by atoms with van der Waals surface area (Å²) >= 11 is 0. The van der Waals surface area contributed by atoms with Gasteiger partial charge in [-0.05, 0) is 35.9 Å². The second-order valence-electron chi connectivity index (χ2n) is 4.38. The van der Waals surface area contributed by atoms with E-state index in [0.29, 0.717) is 12.1 Å². The Hall–Kier alpha value is -2.80. The van der Waals surface area contributed by atoms with Gasteiger partial charge in [0.2, 0.25) is 5.91 Å². The number of nitrogens with one attached hydrogen (secondary N) is 2. The maximum atomic E-state index is 10.9. The normalized spacial score (nSPS) is 9.60. The van der Waals surface area contributed by atoms with E-state index in [2.05, 4.69) is 16.7 Å². The number of carbonyl (C=O) groups excluding carboxylic acids is 1. The van der Waals surface area contributed by atoms with Gasteiger partial charge in [0.15, 0.2) is 0 Å². The number of amides is 1. The first kappa shape index (κ1) is 13.6. The van der Waals surface area contributed by atoms with Crippen LogP contribution >= 0.6 is 0 Å². The molecular formula is C16H15N3O. The van der Waals surface area contributed by atoms with Gasteiger partial charge in [-0.15, -0.1) is 0 Å². The van der Waals surface area contributed by atoms with Gasteiger partial charge in [0, 0.05) is 24.8 Å². The van der Waals surface area contributed by atoms with Gasteiger partial charge in [0.1, 0.15) is 0 Å². The van der Waals surface area contributed by atoms with Gasteiger partial charge in [-0.2, -0.15) is 5.26 Å². The molecule has 0 saturated carbocycles. The molecule has 2 N–H and O–H groups in total. The van der Waals surface area contributed by atoms with Crippen LogP contribution in [0, 0.1) is 11.3 Å². The summed E-state index contributed by atoms with van der Waals surface area (Å²) in [6, 6.07) is 17.1. The standard InChI is InChI=1S/C16H15N3O/c1-12(20)19-16-8-6-15(7-9-16)18-11-14-5-3-2-4-13(14)10-17/h2-9,18H,11H2,1H3,(H,19,20). The minimum atomic E-state index is -0.0892. The van der Waals surface area contributed by atoms with Gasteiger partial charge in [0.25, 0.3) is 0 Å². The van der Waals surface area contributed by atoms with Crippen molar-refractivity contribution in [2.24, 2.45) is 0 Å². The minimum Gasteiger partial charge on any atom is -0.381 e. The van der Waals surface area contributed by atoms with Crippen LogP contribution in [0.3, 0.4) is 0 Å². The van der Waals surface area contributed by atoms with Gasteiger partial charge < -0.3 is 10.6 Å². The van der Waals surface area contributed by atoms with Crippen LogP contribution in [0.2, 0.25) is 0 Å². The van der Waals surface area contributed by atoms with Crippen molar-refractivity contribution in [2.45, 2.75) is 13.5 Å². The lowest BCUT2D eigenvalue weighted by Crippen LogP contribution is -2.06. The van der Waals surface area contributed by atoms with Crippen LogP contribution in [0.15, 0.2) is 48.5 Å². The molecule has 0 fully saturated rings. The Morgan fingerprint density at radius 2 is 1.75 bits per heavy atom. The highest BCUT2D eigenvalue weighted by Crippen LogP contribution is 2.15. The molecule has 0 unspecified atom stereocenters. The maximum Gasteiger partial charge on any atom is 0.221 e. The van der Waals surface area contributed by atoms with Gasteiger partial charge in [-0.1, -0.05) is 18.2 Å². The summed E-state index contributed by atoms with van der Waals surface area (Å²) in [5.74, 6) is -0.0892. The minimum absolute atomic E-state index is 0.0892. The van der Waals surface area contributed by atoms with E-state index in [1.807, 2.05) is 42.5 Å². The number of hydrogen-bond acceptors (Lipinski definition) is 3. The molecule has 0 aliphatic heterocycles. The number of hydrogen-bond donors (Lipinski definition) is 2. The zero-order chi connectivity index (χ0) is 14.4. The summed E-state index contributed by atoms with van der Waals surface area (Å²) in [5.41, 5.74) is 3.34. The lowest BCUT2D eigenvalue weighted by Gasteiger charge is -2.09. The van der Waals surface area contributed by atoms with E-state index in [1.54, 1.807) is 6.07 Å². The van der Waals surface area contributed by atoms with Crippen LogP contribution in [0.5, 0.6) is 0 Å². The Morgan fingerprint density at radius 1 is 1.10 bits per heavy atom. The molecular weight excluding hydrogens is 250 g/mol. The van der Waals surface area contributed by atoms with Gasteiger partial charge in [-0.25, -0.2) is 0 Å². The van der Waals surface area contributed by atoms with Crippen molar-refractivity contribution in [3.63, 3.8) is 0 Å². The zero-order valence-corrected chi connectivity index (χ0v) is 11.2. The molecule has 0 heterocycles. The maximum absolute atomic E-state index is 10.9. The van der Waals surface area contributed by atoms with Gasteiger partial charge in [0.05, 0.1) is 11.6 Å². The Morgan fingerprint density at radius 3 is 2.40 bits per heavy atom. The Bertz CT molecular complexity index is 642. The number of carbonyl (C=O) groups is 1. The molecule has 20 heavy (non-hydrogen) atoms. The summed E-state index contributed by atoms with van der Waals surface area (Å²) in [4.78, 5) is 10.9. The van der Waals surface area contributed by atoms with Gasteiger partial charge in [-0.3, -0.25) is 4.79 Å². The quantitative estimate of drug-likeness (QED) is 0.892. The van der Waals surface area contributed by atoms with E-state index in [4.69, 9.17) is 5.26 Å². The first-order valence-electron chi connectivity index (χ1n) is 6.28. The summed E-state index contributed by atoms with van der Waals surface area (Å²) in [5, 5.41) is 15.0.